The summed E-state index contributed by atoms with van der Waals surface area (Å²) < 4.78 is 5.32. The zero-order valence-corrected chi connectivity index (χ0v) is 14.1. The van der Waals surface area contributed by atoms with Gasteiger partial charge in [0.1, 0.15) is 0 Å². The summed E-state index contributed by atoms with van der Waals surface area (Å²) in [6.45, 7) is 6.66. The molecular weight excluding hydrogens is 264 g/mol. The number of ether oxygens (including phenoxy) is 1. The van der Waals surface area contributed by atoms with Crippen molar-refractivity contribution in [1.82, 2.24) is 10.2 Å². The monoisotopic (exact) mass is 298 g/mol. The Labute approximate surface area is 130 Å². The Morgan fingerprint density at radius 2 is 2.00 bits per heavy atom. The van der Waals surface area contributed by atoms with Gasteiger partial charge in [0.2, 0.25) is 0 Å². The average molecular weight is 298 g/mol. The van der Waals surface area contributed by atoms with Crippen molar-refractivity contribution in [2.45, 2.75) is 82.5 Å². The second-order valence-electron chi connectivity index (χ2n) is 6.95. The van der Waals surface area contributed by atoms with E-state index in [1.807, 2.05) is 0 Å². The summed E-state index contributed by atoms with van der Waals surface area (Å²) in [6, 6.07) is 1.89. The SMILES string of the molecule is CCC(CC)N(CCOC)C1CCC(CO)(NC2CC2)C1. The van der Waals surface area contributed by atoms with E-state index in [2.05, 4.69) is 24.1 Å². The quantitative estimate of drug-likeness (QED) is 0.649. The molecule has 4 nitrogen and oxygen atoms in total. The molecule has 0 aliphatic heterocycles. The molecule has 124 valence electrons. The number of nitrogens with zero attached hydrogens (tertiary/aromatic N) is 1. The Bertz CT molecular complexity index is 305. The van der Waals surface area contributed by atoms with Gasteiger partial charge in [-0.05, 0) is 44.9 Å². The molecule has 0 heterocycles. The number of nitrogens with one attached hydrogen (secondary N) is 1. The van der Waals surface area contributed by atoms with Gasteiger partial charge in [0.25, 0.3) is 0 Å². The standard InChI is InChI=1S/C17H34N2O2/c1-4-15(5-2)19(10-11-21-3)16-8-9-17(12-16,13-20)18-14-6-7-14/h14-16,18,20H,4-13H2,1-3H3. The van der Waals surface area contributed by atoms with Crippen molar-refractivity contribution >= 4 is 0 Å². The maximum absolute atomic E-state index is 9.92. The van der Waals surface area contributed by atoms with E-state index in [1.54, 1.807) is 7.11 Å². The fourth-order valence-corrected chi connectivity index (χ4v) is 3.98. The normalized spacial score (nSPS) is 29.7. The second kappa shape index (κ2) is 7.91. The predicted octanol–water partition coefficient (Wildman–Crippen LogP) is 2.16. The zero-order chi connectivity index (χ0) is 15.3. The topological polar surface area (TPSA) is 44.7 Å². The number of hydrogen-bond donors (Lipinski definition) is 2. The van der Waals surface area contributed by atoms with Gasteiger partial charge in [-0.25, -0.2) is 0 Å². The first-order chi connectivity index (χ1) is 10.2. The van der Waals surface area contributed by atoms with Gasteiger partial charge < -0.3 is 15.2 Å². The lowest BCUT2D eigenvalue weighted by Gasteiger charge is -2.37. The van der Waals surface area contributed by atoms with Crippen molar-refractivity contribution in [2.24, 2.45) is 0 Å². The first-order valence-electron chi connectivity index (χ1n) is 8.81. The van der Waals surface area contributed by atoms with Crippen LogP contribution >= 0.6 is 0 Å². The molecule has 2 N–H and O–H groups in total. The molecule has 0 spiro atoms. The molecule has 2 unspecified atom stereocenters. The summed E-state index contributed by atoms with van der Waals surface area (Å²) in [7, 11) is 1.78. The van der Waals surface area contributed by atoms with Crippen LogP contribution in [0.5, 0.6) is 0 Å². The van der Waals surface area contributed by atoms with Crippen molar-refractivity contribution < 1.29 is 9.84 Å². The minimum atomic E-state index is -0.0246. The summed E-state index contributed by atoms with van der Waals surface area (Å²) in [6.07, 6.45) is 8.34. The van der Waals surface area contributed by atoms with Crippen LogP contribution in [0, 0.1) is 0 Å². The van der Waals surface area contributed by atoms with Crippen molar-refractivity contribution in [3.8, 4) is 0 Å². The summed E-state index contributed by atoms with van der Waals surface area (Å²) in [5, 5.41) is 13.6. The molecule has 0 amide bonds. The Balaban J connectivity index is 1.99. The van der Waals surface area contributed by atoms with Gasteiger partial charge in [0, 0.05) is 37.3 Å². The van der Waals surface area contributed by atoms with Crippen LogP contribution in [0.3, 0.4) is 0 Å². The van der Waals surface area contributed by atoms with Crippen LogP contribution in [-0.2, 0) is 4.74 Å². The van der Waals surface area contributed by atoms with E-state index < -0.39 is 0 Å². The highest BCUT2D eigenvalue weighted by Crippen LogP contribution is 2.37. The Kier molecular flexibility index (Phi) is 6.48. The number of aliphatic hydroxyl groups excluding tert-OH is 1. The van der Waals surface area contributed by atoms with Crippen molar-refractivity contribution in [1.29, 1.82) is 0 Å². The maximum atomic E-state index is 9.92. The highest BCUT2D eigenvalue weighted by Gasteiger charge is 2.44. The highest BCUT2D eigenvalue weighted by atomic mass is 16.5. The molecule has 2 saturated carbocycles. The van der Waals surface area contributed by atoms with Crippen LogP contribution in [-0.4, -0.2) is 60.5 Å². The summed E-state index contributed by atoms with van der Waals surface area (Å²) in [4.78, 5) is 2.65. The summed E-state index contributed by atoms with van der Waals surface area (Å²) in [5.41, 5.74) is -0.0246. The number of aliphatic hydroxyl groups is 1. The lowest BCUT2D eigenvalue weighted by molar-refractivity contribution is 0.0730. The van der Waals surface area contributed by atoms with Crippen LogP contribution in [0.25, 0.3) is 0 Å². The van der Waals surface area contributed by atoms with Crippen LogP contribution in [0.2, 0.25) is 0 Å². The van der Waals surface area contributed by atoms with E-state index in [9.17, 15) is 5.11 Å². The zero-order valence-electron chi connectivity index (χ0n) is 14.1. The third kappa shape index (κ3) is 4.41. The molecule has 2 aliphatic rings. The fraction of sp³-hybridized carbons (Fsp3) is 1.00. The Hall–Kier alpha value is -0.160. The molecule has 0 radical (unpaired) electrons. The van der Waals surface area contributed by atoms with E-state index in [-0.39, 0.29) is 12.1 Å². The van der Waals surface area contributed by atoms with Gasteiger partial charge in [-0.1, -0.05) is 13.8 Å². The summed E-state index contributed by atoms with van der Waals surface area (Å²) in [5.74, 6) is 0. The molecule has 0 aromatic heterocycles. The number of hydrogen-bond acceptors (Lipinski definition) is 4. The minimum absolute atomic E-state index is 0.0246. The predicted molar refractivity (Wildman–Crippen MR) is 86.6 cm³/mol. The van der Waals surface area contributed by atoms with Crippen molar-refractivity contribution in [2.75, 3.05) is 26.9 Å². The lowest BCUT2D eigenvalue weighted by Crippen LogP contribution is -2.50. The van der Waals surface area contributed by atoms with Gasteiger partial charge >= 0.3 is 0 Å². The fourth-order valence-electron chi connectivity index (χ4n) is 3.98. The number of methoxy groups -OCH3 is 1. The van der Waals surface area contributed by atoms with Crippen molar-refractivity contribution in [3.63, 3.8) is 0 Å². The molecule has 0 aromatic rings. The molecule has 2 aliphatic carbocycles. The molecule has 2 fully saturated rings. The third-order valence-electron chi connectivity index (χ3n) is 5.41. The van der Waals surface area contributed by atoms with E-state index in [0.29, 0.717) is 18.1 Å². The largest absolute Gasteiger partial charge is 0.394 e. The third-order valence-corrected chi connectivity index (χ3v) is 5.41. The van der Waals surface area contributed by atoms with E-state index in [1.165, 1.54) is 32.1 Å². The Morgan fingerprint density at radius 3 is 2.52 bits per heavy atom. The molecule has 0 saturated heterocycles. The molecule has 2 rings (SSSR count). The van der Waals surface area contributed by atoms with E-state index in [4.69, 9.17) is 4.74 Å². The molecule has 21 heavy (non-hydrogen) atoms. The van der Waals surface area contributed by atoms with Gasteiger partial charge in [-0.2, -0.15) is 0 Å². The van der Waals surface area contributed by atoms with Gasteiger partial charge in [-0.3, -0.25) is 4.90 Å². The molecular formula is C17H34N2O2. The average Bonchev–Trinajstić information content (AvgIpc) is 3.21. The van der Waals surface area contributed by atoms with Crippen LogP contribution in [0.4, 0.5) is 0 Å². The Morgan fingerprint density at radius 1 is 1.29 bits per heavy atom. The molecule has 2 atom stereocenters. The number of rotatable bonds is 10. The first-order valence-corrected chi connectivity index (χ1v) is 8.81. The highest BCUT2D eigenvalue weighted by molar-refractivity contribution is 5.03. The van der Waals surface area contributed by atoms with Gasteiger partial charge in [-0.15, -0.1) is 0 Å². The maximum Gasteiger partial charge on any atom is 0.0614 e. The summed E-state index contributed by atoms with van der Waals surface area (Å²) >= 11 is 0. The second-order valence-corrected chi connectivity index (χ2v) is 6.95. The van der Waals surface area contributed by atoms with E-state index in [0.717, 1.165) is 26.0 Å². The van der Waals surface area contributed by atoms with Crippen LogP contribution < -0.4 is 5.32 Å². The van der Waals surface area contributed by atoms with E-state index >= 15 is 0 Å². The molecule has 4 heteroatoms. The molecule has 0 aromatic carbocycles. The lowest BCUT2D eigenvalue weighted by atomic mass is 9.97. The van der Waals surface area contributed by atoms with Crippen LogP contribution in [0.15, 0.2) is 0 Å². The first kappa shape index (κ1) is 17.2. The van der Waals surface area contributed by atoms with Crippen molar-refractivity contribution in [3.05, 3.63) is 0 Å². The van der Waals surface area contributed by atoms with Crippen LogP contribution in [0.1, 0.15) is 58.8 Å². The minimum Gasteiger partial charge on any atom is -0.394 e. The van der Waals surface area contributed by atoms with Gasteiger partial charge in [0.05, 0.1) is 13.2 Å². The van der Waals surface area contributed by atoms with Gasteiger partial charge in [0.15, 0.2) is 0 Å². The smallest absolute Gasteiger partial charge is 0.0614 e. The molecule has 0 bridgehead atoms.